The molecule has 1 atom stereocenters. The Hall–Kier alpha value is -6.52. The van der Waals surface area contributed by atoms with Crippen LogP contribution in [0.3, 0.4) is 0 Å². The number of nitrogens with one attached hydrogen (secondary N) is 1. The lowest BCUT2D eigenvalue weighted by Gasteiger charge is -2.24. The van der Waals surface area contributed by atoms with E-state index in [0.717, 1.165) is 61.1 Å². The topological polar surface area (TPSA) is 49.9 Å². The maximum absolute atomic E-state index is 6.30. The minimum absolute atomic E-state index is 0.493. The molecule has 1 aromatic heterocycles. The molecule has 4 nitrogen and oxygen atoms in total. The maximum atomic E-state index is 6.30. The molecule has 230 valence electrons. The molecule has 0 amide bonds. The van der Waals surface area contributed by atoms with E-state index in [4.69, 9.17) is 14.4 Å². The van der Waals surface area contributed by atoms with Crippen LogP contribution in [-0.2, 0) is 0 Å². The van der Waals surface area contributed by atoms with E-state index < -0.39 is 6.17 Å². The number of amidine groups is 2. The van der Waals surface area contributed by atoms with Crippen LogP contribution in [0.15, 0.2) is 178 Å². The Balaban J connectivity index is 1.19. The Morgan fingerprint density at radius 3 is 1.98 bits per heavy atom. The van der Waals surface area contributed by atoms with E-state index in [0.29, 0.717) is 0 Å². The van der Waals surface area contributed by atoms with Crippen molar-refractivity contribution in [2.75, 3.05) is 0 Å². The highest BCUT2D eigenvalue weighted by molar-refractivity contribution is 6.24. The first-order chi connectivity index (χ1) is 24.3. The largest absolute Gasteiger partial charge is 0.456 e. The first-order valence-corrected chi connectivity index (χ1v) is 16.6. The van der Waals surface area contributed by atoms with Crippen molar-refractivity contribution in [3.05, 3.63) is 180 Å². The summed E-state index contributed by atoms with van der Waals surface area (Å²) in [4.78, 5) is 10.7. The number of rotatable bonds is 4. The van der Waals surface area contributed by atoms with Crippen LogP contribution in [-0.4, -0.2) is 11.7 Å². The molecular formula is C45H29N3O. The molecule has 0 saturated heterocycles. The van der Waals surface area contributed by atoms with Crippen LogP contribution in [0.25, 0.3) is 65.4 Å². The summed E-state index contributed by atoms with van der Waals surface area (Å²) in [6, 6.07) is 57.5. The molecule has 0 aliphatic carbocycles. The average molecular weight is 628 g/mol. The quantitative estimate of drug-likeness (QED) is 0.197. The van der Waals surface area contributed by atoms with Crippen LogP contribution in [0.1, 0.15) is 22.9 Å². The van der Waals surface area contributed by atoms with Crippen molar-refractivity contribution >= 4 is 65.9 Å². The third-order valence-electron chi connectivity index (χ3n) is 9.70. The van der Waals surface area contributed by atoms with Gasteiger partial charge < -0.3 is 9.73 Å². The van der Waals surface area contributed by atoms with Gasteiger partial charge in [-0.1, -0.05) is 133 Å². The fourth-order valence-electron chi connectivity index (χ4n) is 7.34. The molecule has 9 aromatic rings. The molecule has 0 saturated carbocycles. The Kier molecular flexibility index (Phi) is 6.21. The van der Waals surface area contributed by atoms with Gasteiger partial charge in [0.25, 0.3) is 0 Å². The fourth-order valence-corrected chi connectivity index (χ4v) is 7.34. The number of fused-ring (bicyclic) bond motifs is 7. The molecule has 0 spiro atoms. The van der Waals surface area contributed by atoms with E-state index in [-0.39, 0.29) is 0 Å². The molecule has 10 rings (SSSR count). The van der Waals surface area contributed by atoms with Gasteiger partial charge in [-0.3, -0.25) is 0 Å². The molecule has 0 fully saturated rings. The van der Waals surface area contributed by atoms with Gasteiger partial charge in [0, 0.05) is 27.5 Å². The first-order valence-electron chi connectivity index (χ1n) is 16.6. The fraction of sp³-hybridized carbons (Fsp3) is 0.0222. The van der Waals surface area contributed by atoms with Gasteiger partial charge in [-0.2, -0.15) is 0 Å². The number of hydrogen-bond acceptors (Lipinski definition) is 4. The predicted molar refractivity (Wildman–Crippen MR) is 204 cm³/mol. The van der Waals surface area contributed by atoms with Gasteiger partial charge in [0.05, 0.1) is 0 Å². The number of nitrogens with zero attached hydrogens (tertiary/aromatic N) is 2. The van der Waals surface area contributed by atoms with E-state index in [9.17, 15) is 0 Å². The Morgan fingerprint density at radius 2 is 1.10 bits per heavy atom. The minimum Gasteiger partial charge on any atom is -0.456 e. The van der Waals surface area contributed by atoms with Gasteiger partial charge in [-0.25, -0.2) is 9.98 Å². The third kappa shape index (κ3) is 4.61. The van der Waals surface area contributed by atoms with Gasteiger partial charge >= 0.3 is 0 Å². The molecule has 49 heavy (non-hydrogen) atoms. The molecule has 4 heteroatoms. The minimum atomic E-state index is -0.493. The van der Waals surface area contributed by atoms with E-state index in [1.165, 1.54) is 32.7 Å². The van der Waals surface area contributed by atoms with E-state index in [1.54, 1.807) is 0 Å². The molecule has 1 unspecified atom stereocenters. The lowest BCUT2D eigenvalue weighted by Crippen LogP contribution is -2.36. The van der Waals surface area contributed by atoms with Gasteiger partial charge in [0.2, 0.25) is 0 Å². The molecular weight excluding hydrogens is 599 g/mol. The summed E-state index contributed by atoms with van der Waals surface area (Å²) < 4.78 is 6.30. The van der Waals surface area contributed by atoms with Crippen LogP contribution in [0, 0.1) is 0 Å². The third-order valence-corrected chi connectivity index (χ3v) is 9.70. The van der Waals surface area contributed by atoms with E-state index >= 15 is 0 Å². The molecule has 2 heterocycles. The number of benzene rings is 8. The summed E-state index contributed by atoms with van der Waals surface area (Å²) in [5.41, 5.74) is 7.13. The molecule has 1 aliphatic heterocycles. The summed E-state index contributed by atoms with van der Waals surface area (Å²) in [6.07, 6.45) is -0.493. The highest BCUT2D eigenvalue weighted by atomic mass is 16.3. The first kappa shape index (κ1) is 27.6. The van der Waals surface area contributed by atoms with Crippen molar-refractivity contribution in [2.45, 2.75) is 6.17 Å². The normalized spacial score (nSPS) is 14.7. The van der Waals surface area contributed by atoms with Crippen LogP contribution < -0.4 is 5.32 Å². The molecule has 8 aromatic carbocycles. The van der Waals surface area contributed by atoms with E-state index in [2.05, 4.69) is 145 Å². The van der Waals surface area contributed by atoms with Crippen LogP contribution in [0.5, 0.6) is 0 Å². The maximum Gasteiger partial charge on any atom is 0.170 e. The molecule has 1 N–H and O–H groups in total. The van der Waals surface area contributed by atoms with Crippen molar-refractivity contribution in [1.82, 2.24) is 5.32 Å². The van der Waals surface area contributed by atoms with Crippen LogP contribution >= 0.6 is 0 Å². The SMILES string of the molecule is c1ccc(-c2ccc3ccc(C4=NC(c5cccc6oc7ccccc7c56)N=C(c5cc6ccccc6c6ccccc56)N4)cc3c2)cc1. The van der Waals surface area contributed by atoms with Crippen molar-refractivity contribution in [3.8, 4) is 11.1 Å². The van der Waals surface area contributed by atoms with Crippen molar-refractivity contribution in [1.29, 1.82) is 0 Å². The summed E-state index contributed by atoms with van der Waals surface area (Å²) in [5, 5.41) is 12.9. The second kappa shape index (κ2) is 11.0. The summed E-state index contributed by atoms with van der Waals surface area (Å²) in [5.74, 6) is 1.57. The van der Waals surface area contributed by atoms with Gasteiger partial charge in [-0.05, 0) is 73.8 Å². The standard InChI is InChI=1S/C45H29N3O/c1-2-11-28(12-3-1)30-23-21-29-22-24-32(26-33(29)25-30)43-46-44(38-18-10-20-41-42(38)37-17-8-9-19-40(37)49-41)48-45(47-43)39-27-31-13-4-5-14-34(31)35-15-6-7-16-36(35)39/h1-27,44H,(H,46,47,48). The number of hydrogen-bond donors (Lipinski definition) is 1. The lowest BCUT2D eigenvalue weighted by atomic mass is 9.96. The van der Waals surface area contributed by atoms with Crippen LogP contribution in [0.2, 0.25) is 0 Å². The second-order valence-corrected chi connectivity index (χ2v) is 12.6. The van der Waals surface area contributed by atoms with Crippen molar-refractivity contribution in [2.24, 2.45) is 9.98 Å². The van der Waals surface area contributed by atoms with Crippen LogP contribution in [0.4, 0.5) is 0 Å². The lowest BCUT2D eigenvalue weighted by molar-refractivity contribution is 0.667. The van der Waals surface area contributed by atoms with Gasteiger partial charge in [0.1, 0.15) is 22.8 Å². The zero-order valence-corrected chi connectivity index (χ0v) is 26.5. The Morgan fingerprint density at radius 1 is 0.429 bits per heavy atom. The van der Waals surface area contributed by atoms with E-state index in [1.807, 2.05) is 24.3 Å². The summed E-state index contributed by atoms with van der Waals surface area (Å²) in [7, 11) is 0. The molecule has 1 aliphatic rings. The second-order valence-electron chi connectivity index (χ2n) is 12.6. The Bertz CT molecular complexity index is 2810. The van der Waals surface area contributed by atoms with Gasteiger partial charge in [-0.15, -0.1) is 0 Å². The zero-order valence-electron chi connectivity index (χ0n) is 26.5. The molecule has 0 bridgehead atoms. The van der Waals surface area contributed by atoms with Crippen molar-refractivity contribution < 1.29 is 4.42 Å². The number of para-hydroxylation sites is 1. The smallest absolute Gasteiger partial charge is 0.170 e. The summed E-state index contributed by atoms with van der Waals surface area (Å²) >= 11 is 0. The van der Waals surface area contributed by atoms with Crippen molar-refractivity contribution in [3.63, 3.8) is 0 Å². The highest BCUT2D eigenvalue weighted by Crippen LogP contribution is 2.38. The summed E-state index contributed by atoms with van der Waals surface area (Å²) in [6.45, 7) is 0. The van der Waals surface area contributed by atoms with Gasteiger partial charge in [0.15, 0.2) is 6.17 Å². The Labute approximate surface area is 282 Å². The predicted octanol–water partition coefficient (Wildman–Crippen LogP) is 11.2. The molecule has 0 radical (unpaired) electrons. The average Bonchev–Trinajstić information content (AvgIpc) is 3.56. The monoisotopic (exact) mass is 627 g/mol. The number of aliphatic imine (C=N–C) groups is 2. The number of furan rings is 1. The highest BCUT2D eigenvalue weighted by Gasteiger charge is 2.25. The zero-order chi connectivity index (χ0) is 32.3.